The number of amides is 1. The summed E-state index contributed by atoms with van der Waals surface area (Å²) in [6, 6.07) is 22.4. The molecule has 0 saturated carbocycles. The van der Waals surface area contributed by atoms with Crippen molar-refractivity contribution in [2.24, 2.45) is 0 Å². The normalized spacial score (nSPS) is 15.3. The van der Waals surface area contributed by atoms with Crippen LogP contribution in [0.15, 0.2) is 72.8 Å². The molecule has 1 aliphatic heterocycles. The molecule has 152 valence electrons. The zero-order valence-electron chi connectivity index (χ0n) is 16.5. The largest absolute Gasteiger partial charge is 0.546 e. The van der Waals surface area contributed by atoms with E-state index in [4.69, 9.17) is 4.74 Å². The summed E-state index contributed by atoms with van der Waals surface area (Å²) >= 11 is 0. The molecule has 0 unspecified atom stereocenters. The van der Waals surface area contributed by atoms with Crippen molar-refractivity contribution in [1.82, 2.24) is 0 Å². The minimum absolute atomic E-state index is 0.0872. The van der Waals surface area contributed by atoms with Crippen molar-refractivity contribution in [1.29, 1.82) is 0 Å². The lowest BCUT2D eigenvalue weighted by atomic mass is 10.0. The van der Waals surface area contributed by atoms with Gasteiger partial charge in [0, 0.05) is 11.4 Å². The number of carbonyl (C=O) groups excluding carboxylic acids is 2. The second-order valence-corrected chi connectivity index (χ2v) is 7.02. The minimum Gasteiger partial charge on any atom is -0.546 e. The molecule has 6 nitrogen and oxygen atoms in total. The number of carbonyl (C=O) groups is 2. The Kier molecular flexibility index (Phi) is 5.39. The van der Waals surface area contributed by atoms with Gasteiger partial charge in [-0.15, -0.1) is 0 Å². The van der Waals surface area contributed by atoms with Gasteiger partial charge < -0.3 is 20.0 Å². The zero-order valence-corrected chi connectivity index (χ0v) is 16.5. The van der Waals surface area contributed by atoms with Crippen LogP contribution in [0.25, 0.3) is 0 Å². The molecule has 0 fully saturated rings. The lowest BCUT2D eigenvalue weighted by Gasteiger charge is -2.38. The van der Waals surface area contributed by atoms with E-state index in [1.54, 1.807) is 17.0 Å². The van der Waals surface area contributed by atoms with E-state index < -0.39 is 18.7 Å². The third-order valence-electron chi connectivity index (χ3n) is 5.10. The molecule has 1 heterocycles. The van der Waals surface area contributed by atoms with E-state index in [9.17, 15) is 14.7 Å². The molecule has 6 heteroatoms. The third kappa shape index (κ3) is 3.85. The molecule has 1 N–H and O–H groups in total. The highest BCUT2D eigenvalue weighted by atomic mass is 16.5. The lowest BCUT2D eigenvalue weighted by Crippen LogP contribution is -2.43. The van der Waals surface area contributed by atoms with Crippen LogP contribution in [0, 0.1) is 0 Å². The summed E-state index contributed by atoms with van der Waals surface area (Å²) in [6.07, 6.45) is 0.501. The predicted octanol–water partition coefficient (Wildman–Crippen LogP) is 3.15. The molecule has 30 heavy (non-hydrogen) atoms. The first-order chi connectivity index (χ1) is 14.6. The number of para-hydroxylation sites is 1. The average molecular weight is 401 g/mol. The summed E-state index contributed by atoms with van der Waals surface area (Å²) in [6.45, 7) is 1.58. The number of carboxylic acid groups (broad SMARTS) is 1. The van der Waals surface area contributed by atoms with Gasteiger partial charge in [-0.05, 0) is 53.9 Å². The fourth-order valence-electron chi connectivity index (χ4n) is 3.53. The van der Waals surface area contributed by atoms with Crippen molar-refractivity contribution < 1.29 is 19.4 Å². The summed E-state index contributed by atoms with van der Waals surface area (Å²) in [5.41, 5.74) is 4.22. The highest BCUT2D eigenvalue weighted by Gasteiger charge is 2.33. The van der Waals surface area contributed by atoms with Gasteiger partial charge in [0.25, 0.3) is 5.91 Å². The molecule has 1 atom stereocenters. The van der Waals surface area contributed by atoms with Gasteiger partial charge >= 0.3 is 0 Å². The van der Waals surface area contributed by atoms with Crippen molar-refractivity contribution in [2.45, 2.75) is 19.5 Å². The topological polar surface area (TPSA) is 81.7 Å². The molecule has 0 aromatic heterocycles. The first kappa shape index (κ1) is 19.5. The number of nitrogens with one attached hydrogen (secondary N) is 1. The van der Waals surface area contributed by atoms with Gasteiger partial charge in [-0.25, -0.2) is 0 Å². The Balaban J connectivity index is 1.71. The number of anilines is 2. The van der Waals surface area contributed by atoms with E-state index in [-0.39, 0.29) is 5.91 Å². The van der Waals surface area contributed by atoms with Crippen LogP contribution in [0.3, 0.4) is 0 Å². The Morgan fingerprint density at radius 3 is 2.40 bits per heavy atom. The summed E-state index contributed by atoms with van der Waals surface area (Å²) in [5, 5.41) is 14.0. The number of hydrogen-bond acceptors (Lipinski definition) is 5. The number of aliphatic carboxylic acids is 1. The van der Waals surface area contributed by atoms with Gasteiger partial charge in [-0.1, -0.05) is 43.3 Å². The second-order valence-electron chi connectivity index (χ2n) is 7.02. The van der Waals surface area contributed by atoms with E-state index in [2.05, 4.69) is 12.2 Å². The van der Waals surface area contributed by atoms with Gasteiger partial charge in [0.2, 0.25) is 0 Å². The van der Waals surface area contributed by atoms with Crippen LogP contribution in [0.2, 0.25) is 0 Å². The Labute approximate surface area is 174 Å². The van der Waals surface area contributed by atoms with E-state index in [0.717, 1.165) is 23.4 Å². The van der Waals surface area contributed by atoms with Crippen molar-refractivity contribution in [3.8, 4) is 5.75 Å². The zero-order chi connectivity index (χ0) is 21.1. The van der Waals surface area contributed by atoms with E-state index in [0.29, 0.717) is 11.3 Å². The summed E-state index contributed by atoms with van der Waals surface area (Å²) in [4.78, 5) is 25.7. The predicted molar refractivity (Wildman–Crippen MR) is 112 cm³/mol. The number of rotatable bonds is 6. The summed E-state index contributed by atoms with van der Waals surface area (Å²) < 4.78 is 5.16. The number of benzene rings is 3. The van der Waals surface area contributed by atoms with E-state index >= 15 is 0 Å². The lowest BCUT2D eigenvalue weighted by molar-refractivity contribution is -0.307. The number of hydrogen-bond donors (Lipinski definition) is 1. The van der Waals surface area contributed by atoms with Gasteiger partial charge in [0.05, 0.1) is 11.5 Å². The highest BCUT2D eigenvalue weighted by molar-refractivity contribution is 6.12. The van der Waals surface area contributed by atoms with Crippen molar-refractivity contribution in [2.75, 3.05) is 16.8 Å². The summed E-state index contributed by atoms with van der Waals surface area (Å²) in [7, 11) is 0. The quantitative estimate of drug-likeness (QED) is 0.686. The van der Waals surface area contributed by atoms with Gasteiger partial charge in [0.1, 0.15) is 18.5 Å². The maximum Gasteiger partial charge on any atom is 0.262 e. The molecule has 0 spiro atoms. The van der Waals surface area contributed by atoms with Crippen LogP contribution in [-0.4, -0.2) is 18.5 Å². The Morgan fingerprint density at radius 1 is 1.03 bits per heavy atom. The number of ether oxygens (including phenoxy) is 1. The van der Waals surface area contributed by atoms with E-state index in [1.165, 1.54) is 5.56 Å². The molecular formula is C24H21N2O4-. The van der Waals surface area contributed by atoms with Crippen molar-refractivity contribution in [3.05, 3.63) is 89.5 Å². The first-order valence-electron chi connectivity index (χ1n) is 9.77. The Morgan fingerprint density at radius 2 is 1.73 bits per heavy atom. The first-order valence-corrected chi connectivity index (χ1v) is 9.77. The fourth-order valence-corrected chi connectivity index (χ4v) is 3.53. The second kappa shape index (κ2) is 8.29. The monoisotopic (exact) mass is 401 g/mol. The number of carboxylic acids is 1. The van der Waals surface area contributed by atoms with Crippen LogP contribution < -0.4 is 20.1 Å². The number of nitrogens with zero attached hydrogens (tertiary/aromatic N) is 1. The molecule has 4 rings (SSSR count). The molecule has 3 aromatic carbocycles. The molecule has 0 saturated heterocycles. The van der Waals surface area contributed by atoms with Gasteiger partial charge in [-0.2, -0.15) is 0 Å². The van der Waals surface area contributed by atoms with Crippen LogP contribution in [0.4, 0.5) is 11.4 Å². The van der Waals surface area contributed by atoms with Gasteiger partial charge in [0.15, 0.2) is 0 Å². The SMILES string of the molecule is CCc1ccc(N2C(=O)c3ccccc3N[C@@H]2c2ccc(OCC(=O)[O-])cc2)cc1. The third-order valence-corrected chi connectivity index (χ3v) is 5.10. The molecule has 0 aliphatic carbocycles. The smallest absolute Gasteiger partial charge is 0.262 e. The maximum atomic E-state index is 13.4. The highest BCUT2D eigenvalue weighted by Crippen LogP contribution is 2.37. The number of fused-ring (bicyclic) bond motifs is 1. The van der Waals surface area contributed by atoms with Crippen LogP contribution in [-0.2, 0) is 11.2 Å². The molecule has 1 aliphatic rings. The van der Waals surface area contributed by atoms with Crippen molar-refractivity contribution in [3.63, 3.8) is 0 Å². The minimum atomic E-state index is -1.28. The summed E-state index contributed by atoms with van der Waals surface area (Å²) in [5.74, 6) is -0.947. The van der Waals surface area contributed by atoms with Crippen LogP contribution in [0.5, 0.6) is 5.75 Å². The maximum absolute atomic E-state index is 13.4. The van der Waals surface area contributed by atoms with Crippen molar-refractivity contribution >= 4 is 23.3 Å². The standard InChI is InChI=1S/C24H22N2O4/c1-2-16-7-11-18(12-8-16)26-23(25-21-6-4-3-5-20(21)24(26)29)17-9-13-19(14-10-17)30-15-22(27)28/h3-14,23,25H,2,15H2,1H3,(H,27,28)/p-1/t23-/m0/s1. The molecule has 0 bridgehead atoms. The van der Waals surface area contributed by atoms with Crippen LogP contribution in [0.1, 0.15) is 34.6 Å². The van der Waals surface area contributed by atoms with Crippen LogP contribution >= 0.6 is 0 Å². The fraction of sp³-hybridized carbons (Fsp3) is 0.167. The number of aryl methyl sites for hydroxylation is 1. The Bertz CT molecular complexity index is 1060. The molecule has 0 radical (unpaired) electrons. The average Bonchev–Trinajstić information content (AvgIpc) is 2.78. The molecule has 1 amide bonds. The van der Waals surface area contributed by atoms with E-state index in [1.807, 2.05) is 60.7 Å². The van der Waals surface area contributed by atoms with Gasteiger partial charge in [-0.3, -0.25) is 9.69 Å². The Hall–Kier alpha value is -3.80. The molecule has 3 aromatic rings. The molecular weight excluding hydrogens is 380 g/mol.